The topological polar surface area (TPSA) is 155 Å². The van der Waals surface area contributed by atoms with Crippen molar-refractivity contribution in [1.82, 2.24) is 0 Å². The van der Waals surface area contributed by atoms with Crippen LogP contribution in [0.4, 0.5) is 0 Å². The second kappa shape index (κ2) is 8.38. The molecule has 10 heteroatoms. The number of carbonyl (C=O) groups is 3. The first-order valence-electron chi connectivity index (χ1n) is 8.56. The number of carboxylic acid groups (broad SMARTS) is 2. The minimum absolute atomic E-state index is 0.0910. The predicted octanol–water partition coefficient (Wildman–Crippen LogP) is 3.35. The highest BCUT2D eigenvalue weighted by Crippen LogP contribution is 2.24. The molecule has 0 aliphatic heterocycles. The molecular weight excluding hydrogens is 428 g/mol. The van der Waals surface area contributed by atoms with Crippen molar-refractivity contribution in [1.29, 1.82) is 0 Å². The number of hydrogen-bond donors (Lipinski definition) is 3. The number of hydrogen-bond acceptors (Lipinski definition) is 6. The zero-order valence-corrected chi connectivity index (χ0v) is 16.4. The molecule has 0 spiro atoms. The van der Waals surface area contributed by atoms with E-state index in [0.717, 1.165) is 30.3 Å². The Labute approximate surface area is 175 Å². The van der Waals surface area contributed by atoms with Gasteiger partial charge in [0.2, 0.25) is 0 Å². The van der Waals surface area contributed by atoms with Crippen molar-refractivity contribution in [2.45, 2.75) is 4.90 Å². The number of carbonyl (C=O) groups excluding carboxylic acids is 1. The van der Waals surface area contributed by atoms with Crippen LogP contribution in [0.15, 0.2) is 71.6 Å². The van der Waals surface area contributed by atoms with Crippen LogP contribution < -0.4 is 4.74 Å². The van der Waals surface area contributed by atoms with E-state index < -0.39 is 27.8 Å². The van der Waals surface area contributed by atoms with E-state index in [9.17, 15) is 22.8 Å². The van der Waals surface area contributed by atoms with E-state index in [0.29, 0.717) is 5.75 Å². The van der Waals surface area contributed by atoms with Gasteiger partial charge < -0.3 is 14.9 Å². The lowest BCUT2D eigenvalue weighted by Gasteiger charge is -2.08. The zero-order chi connectivity index (χ0) is 22.8. The van der Waals surface area contributed by atoms with Gasteiger partial charge in [-0.05, 0) is 66.7 Å². The number of carboxylic acids is 2. The van der Waals surface area contributed by atoms with Gasteiger partial charge in [-0.1, -0.05) is 0 Å². The maximum Gasteiger partial charge on any atom is 0.335 e. The zero-order valence-electron chi connectivity index (χ0n) is 15.6. The molecule has 158 valence electrons. The van der Waals surface area contributed by atoms with E-state index in [1.807, 2.05) is 0 Å². The van der Waals surface area contributed by atoms with Crippen LogP contribution >= 0.6 is 0 Å². The molecule has 0 saturated carbocycles. The van der Waals surface area contributed by atoms with Crippen molar-refractivity contribution in [3.05, 3.63) is 89.0 Å². The van der Waals surface area contributed by atoms with E-state index in [4.69, 9.17) is 19.5 Å². The third kappa shape index (κ3) is 5.13. The van der Waals surface area contributed by atoms with Crippen molar-refractivity contribution in [3.63, 3.8) is 0 Å². The second-order valence-corrected chi connectivity index (χ2v) is 7.73. The second-order valence-electron chi connectivity index (χ2n) is 6.31. The molecule has 3 aromatic rings. The number of ketones is 1. The highest BCUT2D eigenvalue weighted by atomic mass is 32.2. The summed E-state index contributed by atoms with van der Waals surface area (Å²) in [5.74, 6) is -2.69. The molecule has 3 rings (SSSR count). The van der Waals surface area contributed by atoms with E-state index >= 15 is 0 Å². The number of aromatic carboxylic acids is 2. The Morgan fingerprint density at radius 3 is 1.48 bits per heavy atom. The highest BCUT2D eigenvalue weighted by molar-refractivity contribution is 7.85. The Bertz CT molecular complexity index is 1240. The summed E-state index contributed by atoms with van der Waals surface area (Å²) in [6.45, 7) is 0. The van der Waals surface area contributed by atoms with Gasteiger partial charge in [0.25, 0.3) is 10.1 Å². The Morgan fingerprint density at radius 2 is 1.06 bits per heavy atom. The van der Waals surface area contributed by atoms with Gasteiger partial charge in [0, 0.05) is 11.1 Å². The molecule has 0 bridgehead atoms. The molecule has 31 heavy (non-hydrogen) atoms. The maximum atomic E-state index is 12.7. The van der Waals surface area contributed by atoms with Crippen LogP contribution in [0.2, 0.25) is 0 Å². The fourth-order valence-corrected chi connectivity index (χ4v) is 3.14. The van der Waals surface area contributed by atoms with Crippen molar-refractivity contribution >= 4 is 27.8 Å². The summed E-state index contributed by atoms with van der Waals surface area (Å²) in [7, 11) is -4.32. The SMILES string of the molecule is O=C(O)c1cc(C(=O)O)cc(C(=O)c2ccc(Oc3ccc(S(=O)(=O)O)cc3)cc2)c1. The van der Waals surface area contributed by atoms with E-state index in [1.54, 1.807) is 0 Å². The fourth-order valence-electron chi connectivity index (χ4n) is 2.66. The van der Waals surface area contributed by atoms with Crippen LogP contribution in [0.3, 0.4) is 0 Å². The molecular formula is C21H14O9S. The third-order valence-corrected chi connectivity index (χ3v) is 5.03. The van der Waals surface area contributed by atoms with Crippen LogP contribution in [0, 0.1) is 0 Å². The third-order valence-electron chi connectivity index (χ3n) is 4.16. The molecule has 9 nitrogen and oxygen atoms in total. The Balaban J connectivity index is 1.82. The lowest BCUT2D eigenvalue weighted by Crippen LogP contribution is -2.08. The molecule has 0 radical (unpaired) electrons. The molecule has 0 heterocycles. The lowest BCUT2D eigenvalue weighted by atomic mass is 9.98. The van der Waals surface area contributed by atoms with Gasteiger partial charge in [-0.25, -0.2) is 9.59 Å². The van der Waals surface area contributed by atoms with Crippen LogP contribution in [-0.4, -0.2) is 40.9 Å². The Morgan fingerprint density at radius 1 is 0.645 bits per heavy atom. The first-order valence-corrected chi connectivity index (χ1v) is 10.0. The Kier molecular flexibility index (Phi) is 5.86. The average molecular weight is 442 g/mol. The summed E-state index contributed by atoms with van der Waals surface area (Å²) >= 11 is 0. The molecule has 0 aromatic heterocycles. The van der Waals surface area contributed by atoms with E-state index in [2.05, 4.69) is 0 Å². The molecule has 0 fully saturated rings. The molecule has 0 unspecified atom stereocenters. The normalized spacial score (nSPS) is 11.0. The van der Waals surface area contributed by atoms with Crippen molar-refractivity contribution in [2.24, 2.45) is 0 Å². The van der Waals surface area contributed by atoms with Gasteiger partial charge in [-0.15, -0.1) is 0 Å². The quantitative estimate of drug-likeness (QED) is 0.369. The Hall–Kier alpha value is -4.02. The van der Waals surface area contributed by atoms with Crippen molar-refractivity contribution in [2.75, 3.05) is 0 Å². The molecule has 0 atom stereocenters. The first kappa shape index (κ1) is 21.7. The average Bonchev–Trinajstić information content (AvgIpc) is 2.73. The fraction of sp³-hybridized carbons (Fsp3) is 0. The lowest BCUT2D eigenvalue weighted by molar-refractivity contribution is 0.0696. The summed E-state index contributed by atoms with van der Waals surface area (Å²) in [6.07, 6.45) is 0. The molecule has 0 amide bonds. The largest absolute Gasteiger partial charge is 0.478 e. The molecule has 3 aromatic carbocycles. The number of ether oxygens (including phenoxy) is 1. The number of benzene rings is 3. The highest BCUT2D eigenvalue weighted by Gasteiger charge is 2.17. The molecule has 3 N–H and O–H groups in total. The first-order chi connectivity index (χ1) is 14.5. The van der Waals surface area contributed by atoms with E-state index in [-0.39, 0.29) is 32.9 Å². The van der Waals surface area contributed by atoms with Gasteiger partial charge in [-0.2, -0.15) is 8.42 Å². The summed E-state index contributed by atoms with van der Waals surface area (Å²) in [5.41, 5.74) is -0.562. The predicted molar refractivity (Wildman–Crippen MR) is 107 cm³/mol. The summed E-state index contributed by atoms with van der Waals surface area (Å²) < 4.78 is 36.6. The maximum absolute atomic E-state index is 12.7. The monoisotopic (exact) mass is 442 g/mol. The van der Waals surface area contributed by atoms with Gasteiger partial charge in [0.05, 0.1) is 16.0 Å². The van der Waals surface area contributed by atoms with Crippen LogP contribution in [-0.2, 0) is 10.1 Å². The summed E-state index contributed by atoms with van der Waals surface area (Å²) in [5, 5.41) is 18.3. The van der Waals surface area contributed by atoms with Gasteiger partial charge in [0.15, 0.2) is 5.78 Å². The smallest absolute Gasteiger partial charge is 0.335 e. The summed E-state index contributed by atoms with van der Waals surface area (Å²) in [4.78, 5) is 34.8. The molecule has 0 aliphatic rings. The summed E-state index contributed by atoms with van der Waals surface area (Å²) in [6, 6.07) is 13.9. The minimum Gasteiger partial charge on any atom is -0.478 e. The standard InChI is InChI=1S/C21H14O9S/c22-19(13-9-14(20(23)24)11-15(10-13)21(25)26)12-1-3-16(4-2-12)30-17-5-7-18(8-6-17)31(27,28)29/h1-11H,(H,23,24)(H,25,26)(H,27,28,29). The van der Waals surface area contributed by atoms with Crippen LogP contribution in [0.25, 0.3) is 0 Å². The van der Waals surface area contributed by atoms with Gasteiger partial charge in [0.1, 0.15) is 11.5 Å². The minimum atomic E-state index is -4.32. The van der Waals surface area contributed by atoms with Gasteiger partial charge >= 0.3 is 11.9 Å². The number of rotatable bonds is 7. The van der Waals surface area contributed by atoms with Gasteiger partial charge in [-0.3, -0.25) is 9.35 Å². The van der Waals surface area contributed by atoms with Crippen molar-refractivity contribution < 1.29 is 42.3 Å². The van der Waals surface area contributed by atoms with Crippen molar-refractivity contribution in [3.8, 4) is 11.5 Å². The molecule has 0 aliphatic carbocycles. The van der Waals surface area contributed by atoms with E-state index in [1.165, 1.54) is 36.4 Å². The molecule has 0 saturated heterocycles. The van der Waals surface area contributed by atoms with Crippen LogP contribution in [0.1, 0.15) is 36.6 Å². The van der Waals surface area contributed by atoms with Crippen LogP contribution in [0.5, 0.6) is 11.5 Å².